The van der Waals surface area contributed by atoms with Gasteiger partial charge in [0.2, 0.25) is 0 Å². The van der Waals surface area contributed by atoms with Gasteiger partial charge in [0.25, 0.3) is 11.8 Å². The highest BCUT2D eigenvalue weighted by atomic mass is 19.1. The Hall–Kier alpha value is -3.74. The zero-order chi connectivity index (χ0) is 21.8. The molecule has 0 aliphatic rings. The van der Waals surface area contributed by atoms with E-state index in [0.29, 0.717) is 36.8 Å². The van der Waals surface area contributed by atoms with Crippen LogP contribution in [0.2, 0.25) is 0 Å². The van der Waals surface area contributed by atoms with Crippen LogP contribution in [0.15, 0.2) is 65.2 Å². The van der Waals surface area contributed by atoms with E-state index in [2.05, 4.69) is 15.5 Å². The number of carbonyl (C=O) groups is 1. The van der Waals surface area contributed by atoms with Crippen molar-refractivity contribution in [2.75, 3.05) is 6.54 Å². The third-order valence-corrected chi connectivity index (χ3v) is 5.20. The molecule has 7 heteroatoms. The van der Waals surface area contributed by atoms with Crippen LogP contribution in [-0.2, 0) is 13.0 Å². The lowest BCUT2D eigenvalue weighted by Gasteiger charge is -2.10. The molecule has 0 saturated heterocycles. The van der Waals surface area contributed by atoms with Crippen LogP contribution >= 0.6 is 0 Å². The first-order chi connectivity index (χ1) is 15.0. The first-order valence-corrected chi connectivity index (χ1v) is 10.1. The van der Waals surface area contributed by atoms with Crippen LogP contribution in [0.5, 0.6) is 0 Å². The number of aryl methyl sites for hydroxylation is 1. The van der Waals surface area contributed by atoms with Gasteiger partial charge in [-0.15, -0.1) is 0 Å². The summed E-state index contributed by atoms with van der Waals surface area (Å²) in [6.45, 7) is 4.85. The first-order valence-electron chi connectivity index (χ1n) is 10.1. The Bertz CT molecular complexity index is 1180. The molecule has 0 aliphatic heterocycles. The molecular formula is C24H23FN4O2. The molecule has 4 aromatic rings. The van der Waals surface area contributed by atoms with Gasteiger partial charge in [0.1, 0.15) is 5.82 Å². The smallest absolute Gasteiger partial charge is 0.257 e. The minimum atomic E-state index is -0.262. The van der Waals surface area contributed by atoms with Crippen molar-refractivity contribution in [1.29, 1.82) is 0 Å². The molecule has 0 unspecified atom stereocenters. The summed E-state index contributed by atoms with van der Waals surface area (Å²) >= 11 is 0. The van der Waals surface area contributed by atoms with Crippen LogP contribution < -0.4 is 5.32 Å². The van der Waals surface area contributed by atoms with Crippen LogP contribution in [0, 0.1) is 19.7 Å². The first kappa shape index (κ1) is 20.5. The van der Waals surface area contributed by atoms with Gasteiger partial charge in [-0.05, 0) is 49.7 Å². The van der Waals surface area contributed by atoms with Crippen molar-refractivity contribution in [3.05, 3.63) is 94.8 Å². The quantitative estimate of drug-likeness (QED) is 0.485. The second-order valence-electron chi connectivity index (χ2n) is 7.39. The number of carbonyl (C=O) groups excluding carboxylic acids is 1. The van der Waals surface area contributed by atoms with Gasteiger partial charge in [0.05, 0.1) is 5.56 Å². The number of halogens is 1. The molecule has 0 aliphatic carbocycles. The number of benzene rings is 2. The van der Waals surface area contributed by atoms with Crippen molar-refractivity contribution in [2.45, 2.75) is 26.8 Å². The lowest BCUT2D eigenvalue weighted by molar-refractivity contribution is 0.0953. The standard InChI is InChI=1S/C24H23FN4O2/c1-16-14-21(17(2)29(16)15-18-8-10-20(25)11-9-18)23(30)26-13-12-22-27-24(31-28-22)19-6-4-3-5-7-19/h3-11,14H,12-13,15H2,1-2H3,(H,26,30). The van der Waals surface area contributed by atoms with Gasteiger partial charge in [-0.2, -0.15) is 4.98 Å². The molecule has 0 radical (unpaired) electrons. The molecule has 0 bridgehead atoms. The second kappa shape index (κ2) is 8.95. The number of hydrogen-bond donors (Lipinski definition) is 1. The average Bonchev–Trinajstić information content (AvgIpc) is 3.36. The van der Waals surface area contributed by atoms with E-state index in [4.69, 9.17) is 4.52 Å². The van der Waals surface area contributed by atoms with E-state index >= 15 is 0 Å². The molecule has 0 fully saturated rings. The molecule has 4 rings (SSSR count). The van der Waals surface area contributed by atoms with Crippen molar-refractivity contribution in [2.24, 2.45) is 0 Å². The van der Waals surface area contributed by atoms with Gasteiger partial charge in [0.15, 0.2) is 5.82 Å². The van der Waals surface area contributed by atoms with Crippen molar-refractivity contribution in [1.82, 2.24) is 20.0 Å². The SMILES string of the molecule is Cc1cc(C(=O)NCCc2noc(-c3ccccc3)n2)c(C)n1Cc1ccc(F)cc1. The van der Waals surface area contributed by atoms with Gasteiger partial charge in [0, 0.05) is 36.5 Å². The van der Waals surface area contributed by atoms with Crippen molar-refractivity contribution >= 4 is 5.91 Å². The lowest BCUT2D eigenvalue weighted by Crippen LogP contribution is -2.26. The molecule has 31 heavy (non-hydrogen) atoms. The minimum Gasteiger partial charge on any atom is -0.352 e. The summed E-state index contributed by atoms with van der Waals surface area (Å²) in [6.07, 6.45) is 0.469. The fourth-order valence-electron chi connectivity index (χ4n) is 3.48. The molecule has 0 saturated carbocycles. The third kappa shape index (κ3) is 4.71. The summed E-state index contributed by atoms with van der Waals surface area (Å²) in [5.41, 5.74) is 4.29. The lowest BCUT2D eigenvalue weighted by atomic mass is 10.2. The zero-order valence-corrected chi connectivity index (χ0v) is 17.4. The summed E-state index contributed by atoms with van der Waals surface area (Å²) in [4.78, 5) is 17.1. The Kier molecular flexibility index (Phi) is 5.93. The summed E-state index contributed by atoms with van der Waals surface area (Å²) in [6, 6.07) is 17.8. The molecule has 2 heterocycles. The molecule has 6 nitrogen and oxygen atoms in total. The van der Waals surface area contributed by atoms with Gasteiger partial charge >= 0.3 is 0 Å². The minimum absolute atomic E-state index is 0.148. The highest BCUT2D eigenvalue weighted by Crippen LogP contribution is 2.18. The van der Waals surface area contributed by atoms with E-state index in [1.165, 1.54) is 12.1 Å². The normalized spacial score (nSPS) is 10.9. The zero-order valence-electron chi connectivity index (χ0n) is 17.4. The van der Waals surface area contributed by atoms with E-state index in [0.717, 1.165) is 22.5 Å². The Morgan fingerprint density at radius 2 is 1.84 bits per heavy atom. The van der Waals surface area contributed by atoms with E-state index in [1.54, 1.807) is 12.1 Å². The Morgan fingerprint density at radius 3 is 2.58 bits per heavy atom. The Morgan fingerprint density at radius 1 is 1.10 bits per heavy atom. The van der Waals surface area contributed by atoms with Crippen LogP contribution in [0.4, 0.5) is 4.39 Å². The molecule has 2 aromatic heterocycles. The fourth-order valence-corrected chi connectivity index (χ4v) is 3.48. The Balaban J connectivity index is 1.37. The van der Waals surface area contributed by atoms with Gasteiger partial charge in [-0.3, -0.25) is 4.79 Å². The topological polar surface area (TPSA) is 73.0 Å². The van der Waals surface area contributed by atoms with Crippen molar-refractivity contribution in [3.8, 4) is 11.5 Å². The molecule has 158 valence electrons. The monoisotopic (exact) mass is 418 g/mol. The Labute approximate surface area is 179 Å². The van der Waals surface area contributed by atoms with Gasteiger partial charge < -0.3 is 14.4 Å². The maximum atomic E-state index is 13.1. The van der Waals surface area contributed by atoms with Crippen LogP contribution in [-0.4, -0.2) is 27.2 Å². The van der Waals surface area contributed by atoms with Crippen LogP contribution in [0.25, 0.3) is 11.5 Å². The van der Waals surface area contributed by atoms with Crippen molar-refractivity contribution in [3.63, 3.8) is 0 Å². The second-order valence-corrected chi connectivity index (χ2v) is 7.39. The van der Waals surface area contributed by atoms with Crippen LogP contribution in [0.1, 0.15) is 33.1 Å². The van der Waals surface area contributed by atoms with E-state index in [-0.39, 0.29) is 11.7 Å². The summed E-state index contributed by atoms with van der Waals surface area (Å²) < 4.78 is 20.5. The predicted octanol–water partition coefficient (Wildman–Crippen LogP) is 4.31. The molecular weight excluding hydrogens is 395 g/mol. The number of nitrogens with one attached hydrogen (secondary N) is 1. The van der Waals surface area contributed by atoms with Gasteiger partial charge in [-0.25, -0.2) is 4.39 Å². The van der Waals surface area contributed by atoms with E-state index < -0.39 is 0 Å². The highest BCUT2D eigenvalue weighted by Gasteiger charge is 2.16. The summed E-state index contributed by atoms with van der Waals surface area (Å²) in [5, 5.41) is 6.91. The highest BCUT2D eigenvalue weighted by molar-refractivity contribution is 5.95. The maximum absolute atomic E-state index is 13.1. The molecule has 1 N–H and O–H groups in total. The summed E-state index contributed by atoms with van der Waals surface area (Å²) in [7, 11) is 0. The average molecular weight is 418 g/mol. The molecule has 0 atom stereocenters. The molecule has 1 amide bonds. The van der Waals surface area contributed by atoms with E-state index in [9.17, 15) is 9.18 Å². The third-order valence-electron chi connectivity index (χ3n) is 5.20. The summed E-state index contributed by atoms with van der Waals surface area (Å²) in [5.74, 6) is 0.597. The van der Waals surface area contributed by atoms with E-state index in [1.807, 2.05) is 54.8 Å². The number of nitrogens with zero attached hydrogens (tertiary/aromatic N) is 3. The molecule has 0 spiro atoms. The van der Waals surface area contributed by atoms with Crippen LogP contribution in [0.3, 0.4) is 0 Å². The fraction of sp³-hybridized carbons (Fsp3) is 0.208. The largest absolute Gasteiger partial charge is 0.352 e. The number of rotatable bonds is 7. The van der Waals surface area contributed by atoms with Gasteiger partial charge in [-0.1, -0.05) is 35.5 Å². The predicted molar refractivity (Wildman–Crippen MR) is 115 cm³/mol. The number of aromatic nitrogens is 3. The maximum Gasteiger partial charge on any atom is 0.257 e. The number of amides is 1. The molecule has 2 aromatic carbocycles. The number of hydrogen-bond acceptors (Lipinski definition) is 4. The van der Waals surface area contributed by atoms with Crippen molar-refractivity contribution < 1.29 is 13.7 Å².